The van der Waals surface area contributed by atoms with Gasteiger partial charge in [-0.15, -0.1) is 0 Å². The van der Waals surface area contributed by atoms with Crippen LogP contribution in [-0.4, -0.2) is 11.9 Å². The van der Waals surface area contributed by atoms with Crippen LogP contribution in [0.4, 0.5) is 5.69 Å². The summed E-state index contributed by atoms with van der Waals surface area (Å²) in [6.45, 7) is 0. The molecule has 0 aliphatic carbocycles. The van der Waals surface area contributed by atoms with Crippen LogP contribution < -0.4 is 40.0 Å². The summed E-state index contributed by atoms with van der Waals surface area (Å²) in [6.07, 6.45) is 0.213. The molecular weight excluding hydrogens is 205 g/mol. The number of carboxylic acid groups (broad SMARTS) is 1. The van der Waals surface area contributed by atoms with E-state index in [0.717, 1.165) is 5.56 Å². The number of amides is 1. The van der Waals surface area contributed by atoms with E-state index in [1.807, 2.05) is 6.07 Å². The SMILES string of the molecule is O=C([O-])C1Cc2ccccc2NC1=O.[Na+]. The predicted octanol–water partition coefficient (Wildman–Crippen LogP) is -3.45. The molecule has 15 heavy (non-hydrogen) atoms. The van der Waals surface area contributed by atoms with Gasteiger partial charge in [0.05, 0.1) is 11.9 Å². The molecule has 1 amide bonds. The maximum atomic E-state index is 11.3. The van der Waals surface area contributed by atoms with Gasteiger partial charge in [-0.25, -0.2) is 0 Å². The first kappa shape index (κ1) is 12.2. The van der Waals surface area contributed by atoms with Gasteiger partial charge in [0.25, 0.3) is 0 Å². The Hall–Kier alpha value is -0.840. The largest absolute Gasteiger partial charge is 1.00 e. The van der Waals surface area contributed by atoms with E-state index in [0.29, 0.717) is 5.69 Å². The van der Waals surface area contributed by atoms with Crippen molar-refractivity contribution in [3.63, 3.8) is 0 Å². The number of fused-ring (bicyclic) bond motifs is 1. The molecule has 0 aromatic heterocycles. The topological polar surface area (TPSA) is 69.2 Å². The van der Waals surface area contributed by atoms with Crippen LogP contribution in [0.5, 0.6) is 0 Å². The van der Waals surface area contributed by atoms with Crippen LogP contribution in [0.2, 0.25) is 0 Å². The van der Waals surface area contributed by atoms with Crippen molar-refractivity contribution in [2.75, 3.05) is 5.32 Å². The molecule has 1 aromatic carbocycles. The van der Waals surface area contributed by atoms with Crippen molar-refractivity contribution in [1.82, 2.24) is 0 Å². The summed E-state index contributed by atoms with van der Waals surface area (Å²) in [5, 5.41) is 13.1. The van der Waals surface area contributed by atoms with Crippen molar-refractivity contribution in [2.45, 2.75) is 6.42 Å². The fourth-order valence-electron chi connectivity index (χ4n) is 1.54. The summed E-state index contributed by atoms with van der Waals surface area (Å²) in [5.74, 6) is -2.88. The van der Waals surface area contributed by atoms with Gasteiger partial charge in [0.1, 0.15) is 0 Å². The second kappa shape index (κ2) is 4.79. The van der Waals surface area contributed by atoms with Crippen LogP contribution in [0.25, 0.3) is 0 Å². The predicted molar refractivity (Wildman–Crippen MR) is 47.3 cm³/mol. The van der Waals surface area contributed by atoms with Gasteiger partial charge in [0.15, 0.2) is 0 Å². The second-order valence-corrected chi connectivity index (χ2v) is 3.22. The van der Waals surface area contributed by atoms with Crippen molar-refractivity contribution in [1.29, 1.82) is 0 Å². The van der Waals surface area contributed by atoms with E-state index in [4.69, 9.17) is 0 Å². The van der Waals surface area contributed by atoms with Crippen molar-refractivity contribution in [2.24, 2.45) is 5.92 Å². The fraction of sp³-hybridized carbons (Fsp3) is 0.200. The maximum Gasteiger partial charge on any atom is 1.00 e. The third-order valence-corrected chi connectivity index (χ3v) is 2.30. The summed E-state index contributed by atoms with van der Waals surface area (Å²) >= 11 is 0. The van der Waals surface area contributed by atoms with Gasteiger partial charge < -0.3 is 15.2 Å². The van der Waals surface area contributed by atoms with E-state index in [9.17, 15) is 14.7 Å². The zero-order valence-corrected chi connectivity index (χ0v) is 10.3. The average Bonchev–Trinajstić information content (AvgIpc) is 2.16. The number of anilines is 1. The number of benzene rings is 1. The van der Waals surface area contributed by atoms with Crippen LogP contribution in [0.15, 0.2) is 24.3 Å². The Balaban J connectivity index is 0.00000112. The molecule has 1 heterocycles. The molecule has 1 unspecified atom stereocenters. The Morgan fingerprint density at radius 3 is 2.73 bits per heavy atom. The third-order valence-electron chi connectivity index (χ3n) is 2.30. The number of rotatable bonds is 1. The molecule has 1 atom stereocenters. The smallest absolute Gasteiger partial charge is 0.549 e. The maximum absolute atomic E-state index is 11.3. The number of carbonyl (C=O) groups is 2. The molecule has 4 nitrogen and oxygen atoms in total. The van der Waals surface area contributed by atoms with E-state index in [1.54, 1.807) is 18.2 Å². The first-order chi connectivity index (χ1) is 6.68. The molecule has 1 aliphatic heterocycles. The minimum absolute atomic E-state index is 0. The Kier molecular flexibility index (Phi) is 3.90. The number of carbonyl (C=O) groups excluding carboxylic acids is 2. The van der Waals surface area contributed by atoms with Crippen LogP contribution in [-0.2, 0) is 16.0 Å². The van der Waals surface area contributed by atoms with E-state index >= 15 is 0 Å². The van der Waals surface area contributed by atoms with E-state index in [1.165, 1.54) is 0 Å². The number of aliphatic carboxylic acids is 1. The Labute approximate surface area is 109 Å². The molecule has 2 rings (SSSR count). The summed E-state index contributed by atoms with van der Waals surface area (Å²) in [7, 11) is 0. The molecule has 0 radical (unpaired) electrons. The number of hydrogen-bond acceptors (Lipinski definition) is 3. The molecule has 5 heteroatoms. The zero-order valence-electron chi connectivity index (χ0n) is 8.32. The minimum Gasteiger partial charge on any atom is -0.549 e. The Morgan fingerprint density at radius 1 is 1.40 bits per heavy atom. The van der Waals surface area contributed by atoms with Gasteiger partial charge in [0.2, 0.25) is 5.91 Å². The molecule has 0 spiro atoms. The van der Waals surface area contributed by atoms with E-state index in [-0.39, 0.29) is 36.0 Å². The van der Waals surface area contributed by atoms with Gasteiger partial charge in [-0.3, -0.25) is 4.79 Å². The van der Waals surface area contributed by atoms with Crippen LogP contribution in [0, 0.1) is 5.92 Å². The molecule has 1 N–H and O–H groups in total. The summed E-state index contributed by atoms with van der Waals surface area (Å²) in [6, 6.07) is 7.14. The third kappa shape index (κ3) is 2.40. The number of hydrogen-bond donors (Lipinski definition) is 1. The van der Waals surface area contributed by atoms with Crippen LogP contribution in [0.3, 0.4) is 0 Å². The average molecular weight is 213 g/mol. The first-order valence-electron chi connectivity index (χ1n) is 4.28. The van der Waals surface area contributed by atoms with Gasteiger partial charge in [-0.2, -0.15) is 0 Å². The monoisotopic (exact) mass is 213 g/mol. The van der Waals surface area contributed by atoms with Crippen molar-refractivity contribution >= 4 is 17.6 Å². The Morgan fingerprint density at radius 2 is 2.07 bits per heavy atom. The number of nitrogens with one attached hydrogen (secondary N) is 1. The van der Waals surface area contributed by atoms with Crippen molar-refractivity contribution < 1.29 is 44.3 Å². The molecule has 1 aliphatic rings. The van der Waals surface area contributed by atoms with E-state index < -0.39 is 17.8 Å². The van der Waals surface area contributed by atoms with Gasteiger partial charge in [-0.1, -0.05) is 18.2 Å². The van der Waals surface area contributed by atoms with Crippen molar-refractivity contribution in [3.8, 4) is 0 Å². The summed E-state index contributed by atoms with van der Waals surface area (Å²) in [5.41, 5.74) is 1.52. The summed E-state index contributed by atoms with van der Waals surface area (Å²) < 4.78 is 0. The second-order valence-electron chi connectivity index (χ2n) is 3.22. The summed E-state index contributed by atoms with van der Waals surface area (Å²) in [4.78, 5) is 21.9. The quantitative estimate of drug-likeness (QED) is 0.389. The standard InChI is InChI=1S/C10H9NO3.Na/c12-9-7(10(13)14)5-6-3-1-2-4-8(6)11-9;/h1-4,7H,5H2,(H,11,12)(H,13,14);/q;+1/p-1. The van der Waals surface area contributed by atoms with E-state index in [2.05, 4.69) is 5.32 Å². The molecule has 0 saturated heterocycles. The van der Waals surface area contributed by atoms with Gasteiger partial charge >= 0.3 is 29.6 Å². The van der Waals surface area contributed by atoms with Gasteiger partial charge in [0, 0.05) is 5.69 Å². The van der Waals surface area contributed by atoms with Gasteiger partial charge in [-0.05, 0) is 18.1 Å². The zero-order chi connectivity index (χ0) is 10.1. The number of para-hydroxylation sites is 1. The first-order valence-corrected chi connectivity index (χ1v) is 4.28. The normalized spacial score (nSPS) is 18.4. The minimum atomic E-state index is -1.32. The van der Waals surface area contributed by atoms with Crippen LogP contribution >= 0.6 is 0 Å². The molecule has 0 bridgehead atoms. The van der Waals surface area contributed by atoms with Crippen LogP contribution in [0.1, 0.15) is 5.56 Å². The molecule has 1 aromatic rings. The molecule has 0 fully saturated rings. The Bertz CT molecular complexity index is 405. The number of carboxylic acids is 1. The molecule has 0 saturated carbocycles. The van der Waals surface area contributed by atoms with Crippen molar-refractivity contribution in [3.05, 3.63) is 29.8 Å². The molecular formula is C10H8NNaO3. The molecule has 72 valence electrons. The fourth-order valence-corrected chi connectivity index (χ4v) is 1.54.